The number of nitrogens with zero attached hydrogens (tertiary/aromatic N) is 1. The molecule has 1 heterocycles. The van der Waals surface area contributed by atoms with E-state index >= 15 is 0 Å². The van der Waals surface area contributed by atoms with E-state index < -0.39 is 23.0 Å². The van der Waals surface area contributed by atoms with Crippen molar-refractivity contribution in [2.24, 2.45) is 4.99 Å². The Bertz CT molecular complexity index is 469. The van der Waals surface area contributed by atoms with Crippen LogP contribution in [0.5, 0.6) is 0 Å². The first-order chi connectivity index (χ1) is 7.39. The Balaban J connectivity index is 2.46. The lowest BCUT2D eigenvalue weighted by atomic mass is 10.1. The molecule has 2 rings (SSSR count). The molecule has 0 spiro atoms. The van der Waals surface area contributed by atoms with Crippen LogP contribution in [0.25, 0.3) is 0 Å². The second kappa shape index (κ2) is 3.50. The normalized spacial score (nSPS) is 18.2. The van der Waals surface area contributed by atoms with Crippen molar-refractivity contribution in [3.63, 3.8) is 0 Å². The van der Waals surface area contributed by atoms with E-state index in [2.05, 4.69) is 4.99 Å². The van der Waals surface area contributed by atoms with Gasteiger partial charge in [0.25, 0.3) is 0 Å². The maximum atomic E-state index is 13.4. The van der Waals surface area contributed by atoms with Crippen LogP contribution in [0.4, 0.5) is 13.2 Å². The van der Waals surface area contributed by atoms with Gasteiger partial charge in [-0.25, -0.2) is 18.2 Å². The number of benzene rings is 1. The topological polar surface area (TPSA) is 21.6 Å². The zero-order valence-corrected chi connectivity index (χ0v) is 8.85. The lowest BCUT2D eigenvalue weighted by Gasteiger charge is -2.07. The molecule has 0 amide bonds. The van der Waals surface area contributed by atoms with Crippen LogP contribution in [0.2, 0.25) is 0 Å². The van der Waals surface area contributed by atoms with Gasteiger partial charge in [0.05, 0.1) is 11.1 Å². The van der Waals surface area contributed by atoms with Crippen molar-refractivity contribution >= 4 is 5.90 Å². The number of halogens is 3. The Morgan fingerprint density at radius 3 is 2.31 bits per heavy atom. The van der Waals surface area contributed by atoms with Crippen molar-refractivity contribution in [3.05, 3.63) is 35.1 Å². The number of rotatable bonds is 1. The highest BCUT2D eigenvalue weighted by molar-refractivity contribution is 5.95. The Hall–Kier alpha value is -1.52. The molecular weight excluding hydrogens is 219 g/mol. The highest BCUT2D eigenvalue weighted by atomic mass is 19.2. The lowest BCUT2D eigenvalue weighted by Crippen LogP contribution is -2.17. The number of aliphatic imine (C=N–C) groups is 1. The molecule has 5 heteroatoms. The zero-order chi connectivity index (χ0) is 11.9. The maximum Gasteiger partial charge on any atom is 0.219 e. The second-order valence-electron chi connectivity index (χ2n) is 4.26. The molecule has 0 fully saturated rings. The van der Waals surface area contributed by atoms with Crippen molar-refractivity contribution in [1.82, 2.24) is 0 Å². The van der Waals surface area contributed by atoms with Gasteiger partial charge in [0.15, 0.2) is 11.6 Å². The minimum absolute atomic E-state index is 0.0152. The molecule has 0 saturated carbocycles. The molecule has 1 aromatic carbocycles. The average Bonchev–Trinajstić information content (AvgIpc) is 2.52. The molecule has 0 unspecified atom stereocenters. The van der Waals surface area contributed by atoms with Crippen LogP contribution in [0.3, 0.4) is 0 Å². The fraction of sp³-hybridized carbons (Fsp3) is 0.364. The first-order valence-corrected chi connectivity index (χ1v) is 4.77. The molecule has 1 aromatic rings. The summed E-state index contributed by atoms with van der Waals surface area (Å²) in [5.74, 6) is -3.21. The molecule has 0 aliphatic carbocycles. The van der Waals surface area contributed by atoms with E-state index in [1.54, 1.807) is 13.8 Å². The molecule has 0 radical (unpaired) electrons. The van der Waals surface area contributed by atoms with Crippen LogP contribution in [0.1, 0.15) is 19.4 Å². The smallest absolute Gasteiger partial charge is 0.219 e. The Morgan fingerprint density at radius 2 is 1.75 bits per heavy atom. The highest BCUT2D eigenvalue weighted by Gasteiger charge is 2.29. The van der Waals surface area contributed by atoms with Crippen molar-refractivity contribution in [2.75, 3.05) is 6.61 Å². The van der Waals surface area contributed by atoms with Crippen LogP contribution in [0.15, 0.2) is 17.1 Å². The van der Waals surface area contributed by atoms with Gasteiger partial charge >= 0.3 is 0 Å². The van der Waals surface area contributed by atoms with E-state index in [1.165, 1.54) is 0 Å². The van der Waals surface area contributed by atoms with Crippen LogP contribution >= 0.6 is 0 Å². The van der Waals surface area contributed by atoms with Crippen molar-refractivity contribution in [1.29, 1.82) is 0 Å². The third-order valence-electron chi connectivity index (χ3n) is 2.21. The van der Waals surface area contributed by atoms with Gasteiger partial charge in [-0.3, -0.25) is 0 Å². The Kier molecular flexibility index (Phi) is 2.40. The van der Waals surface area contributed by atoms with Crippen LogP contribution < -0.4 is 0 Å². The van der Waals surface area contributed by atoms with Gasteiger partial charge in [-0.15, -0.1) is 0 Å². The standard InChI is InChI=1S/C11H10F3NO/c1-11(2)5-16-10(15-11)6-3-8(13)9(14)4-7(6)12/h3-4H,5H2,1-2H3. The van der Waals surface area contributed by atoms with Gasteiger partial charge in [0.2, 0.25) is 5.90 Å². The van der Waals surface area contributed by atoms with Crippen molar-refractivity contribution in [2.45, 2.75) is 19.4 Å². The molecular formula is C11H10F3NO. The summed E-state index contributed by atoms with van der Waals surface area (Å²) in [6.07, 6.45) is 0. The van der Waals surface area contributed by atoms with E-state index in [-0.39, 0.29) is 11.5 Å². The van der Waals surface area contributed by atoms with E-state index in [4.69, 9.17) is 4.74 Å². The predicted octanol–water partition coefficient (Wildman–Crippen LogP) is 2.66. The molecule has 86 valence electrons. The molecule has 2 nitrogen and oxygen atoms in total. The second-order valence-corrected chi connectivity index (χ2v) is 4.26. The molecule has 0 N–H and O–H groups in total. The van der Waals surface area contributed by atoms with E-state index in [1.807, 2.05) is 0 Å². The minimum Gasteiger partial charge on any atom is -0.475 e. The first kappa shape index (κ1) is 11.0. The molecule has 0 saturated heterocycles. The summed E-state index contributed by atoms with van der Waals surface area (Å²) in [5, 5.41) is 0. The van der Waals surface area contributed by atoms with Gasteiger partial charge in [0.1, 0.15) is 12.4 Å². The maximum absolute atomic E-state index is 13.4. The lowest BCUT2D eigenvalue weighted by molar-refractivity contribution is 0.278. The van der Waals surface area contributed by atoms with Crippen LogP contribution in [-0.4, -0.2) is 18.0 Å². The van der Waals surface area contributed by atoms with Gasteiger partial charge < -0.3 is 4.74 Å². The summed E-state index contributed by atoms with van der Waals surface area (Å²) in [6.45, 7) is 3.90. The summed E-state index contributed by atoms with van der Waals surface area (Å²) in [4.78, 5) is 4.09. The van der Waals surface area contributed by atoms with Crippen LogP contribution in [0, 0.1) is 17.5 Å². The average molecular weight is 229 g/mol. The first-order valence-electron chi connectivity index (χ1n) is 4.77. The van der Waals surface area contributed by atoms with Crippen molar-refractivity contribution < 1.29 is 17.9 Å². The highest BCUT2D eigenvalue weighted by Crippen LogP contribution is 2.23. The Labute approximate surface area is 90.8 Å². The van der Waals surface area contributed by atoms with Crippen LogP contribution in [-0.2, 0) is 4.74 Å². The number of ether oxygens (including phenoxy) is 1. The fourth-order valence-electron chi connectivity index (χ4n) is 1.41. The SMILES string of the molecule is CC1(C)COC(c2cc(F)c(F)cc2F)=N1. The molecule has 1 aliphatic heterocycles. The summed E-state index contributed by atoms with van der Waals surface area (Å²) < 4.78 is 44.2. The van der Waals surface area contributed by atoms with Gasteiger partial charge in [-0.05, 0) is 19.9 Å². The minimum atomic E-state index is -1.22. The van der Waals surface area contributed by atoms with Crippen molar-refractivity contribution in [3.8, 4) is 0 Å². The zero-order valence-electron chi connectivity index (χ0n) is 8.85. The summed E-state index contributed by atoms with van der Waals surface area (Å²) >= 11 is 0. The molecule has 0 bridgehead atoms. The monoisotopic (exact) mass is 229 g/mol. The predicted molar refractivity (Wildman–Crippen MR) is 52.9 cm³/mol. The van der Waals surface area contributed by atoms with Gasteiger partial charge in [0, 0.05) is 6.07 Å². The number of hydrogen-bond donors (Lipinski definition) is 0. The molecule has 0 atom stereocenters. The Morgan fingerprint density at radius 1 is 1.12 bits per heavy atom. The van der Waals surface area contributed by atoms with Gasteiger partial charge in [-0.1, -0.05) is 0 Å². The largest absolute Gasteiger partial charge is 0.475 e. The third kappa shape index (κ3) is 1.89. The summed E-state index contributed by atoms with van der Waals surface area (Å²) in [6, 6.07) is 1.24. The molecule has 0 aromatic heterocycles. The van der Waals surface area contributed by atoms with E-state index in [0.717, 1.165) is 6.07 Å². The third-order valence-corrected chi connectivity index (χ3v) is 2.21. The molecule has 16 heavy (non-hydrogen) atoms. The summed E-state index contributed by atoms with van der Waals surface area (Å²) in [5.41, 5.74) is -0.614. The number of hydrogen-bond acceptors (Lipinski definition) is 2. The summed E-state index contributed by atoms with van der Waals surface area (Å²) in [7, 11) is 0. The fourth-order valence-corrected chi connectivity index (χ4v) is 1.41. The van der Waals surface area contributed by atoms with E-state index in [0.29, 0.717) is 12.7 Å². The molecule has 1 aliphatic rings. The van der Waals surface area contributed by atoms with E-state index in [9.17, 15) is 13.2 Å². The van der Waals surface area contributed by atoms with Gasteiger partial charge in [-0.2, -0.15) is 0 Å². The quantitative estimate of drug-likeness (QED) is 0.678.